The van der Waals surface area contributed by atoms with Crippen LogP contribution < -0.4 is 4.74 Å². The number of carbonyl (C=O) groups excluding carboxylic acids is 1. The van der Waals surface area contributed by atoms with Crippen molar-refractivity contribution in [1.82, 2.24) is 9.78 Å². The minimum Gasteiger partial charge on any atom is -0.472 e. The Kier molecular flexibility index (Phi) is 4.34. The third kappa shape index (κ3) is 3.68. The molecule has 0 N–H and O–H groups in total. The molecule has 0 amide bonds. The van der Waals surface area contributed by atoms with E-state index in [2.05, 4.69) is 18.9 Å². The Morgan fingerprint density at radius 1 is 1.32 bits per heavy atom. The normalized spacial score (nSPS) is 10.7. The number of ether oxygens (including phenoxy) is 1. The molecular weight excluding hydrogens is 240 g/mol. The lowest BCUT2D eigenvalue weighted by molar-refractivity contribution is 0.111. The number of hydrogen-bond acceptors (Lipinski definition) is 3. The van der Waals surface area contributed by atoms with Crippen LogP contribution in [0.4, 0.5) is 0 Å². The van der Waals surface area contributed by atoms with Crippen LogP contribution in [0, 0.1) is 5.92 Å². The first-order valence-corrected chi connectivity index (χ1v) is 6.39. The molecule has 0 aliphatic carbocycles. The summed E-state index contributed by atoms with van der Waals surface area (Å²) in [7, 11) is 0. The van der Waals surface area contributed by atoms with Gasteiger partial charge >= 0.3 is 0 Å². The summed E-state index contributed by atoms with van der Waals surface area (Å²) in [4.78, 5) is 11.0. The lowest BCUT2D eigenvalue weighted by Gasteiger charge is -2.06. The van der Waals surface area contributed by atoms with E-state index >= 15 is 0 Å². The van der Waals surface area contributed by atoms with E-state index in [0.29, 0.717) is 30.6 Å². The van der Waals surface area contributed by atoms with Crippen LogP contribution in [0.15, 0.2) is 36.4 Å². The molecule has 0 fully saturated rings. The second kappa shape index (κ2) is 6.18. The Balaban J connectivity index is 2.04. The number of aromatic nitrogens is 2. The monoisotopic (exact) mass is 258 g/mol. The topological polar surface area (TPSA) is 44.1 Å². The summed E-state index contributed by atoms with van der Waals surface area (Å²) in [5.41, 5.74) is 1.63. The van der Waals surface area contributed by atoms with Gasteiger partial charge in [0, 0.05) is 12.6 Å². The van der Waals surface area contributed by atoms with Gasteiger partial charge in [-0.3, -0.25) is 9.48 Å². The summed E-state index contributed by atoms with van der Waals surface area (Å²) in [6.45, 7) is 5.34. The fourth-order valence-corrected chi connectivity index (χ4v) is 1.80. The van der Waals surface area contributed by atoms with Crippen molar-refractivity contribution in [1.29, 1.82) is 0 Å². The lowest BCUT2D eigenvalue weighted by atomic mass is 10.2. The van der Waals surface area contributed by atoms with Crippen LogP contribution in [-0.2, 0) is 13.2 Å². The first-order valence-electron chi connectivity index (χ1n) is 6.39. The molecule has 0 spiro atoms. The highest BCUT2D eigenvalue weighted by Crippen LogP contribution is 2.14. The van der Waals surface area contributed by atoms with Crippen molar-refractivity contribution < 1.29 is 9.53 Å². The summed E-state index contributed by atoms with van der Waals surface area (Å²) in [6.07, 6.45) is 0.810. The van der Waals surface area contributed by atoms with Crippen LogP contribution in [0.3, 0.4) is 0 Å². The van der Waals surface area contributed by atoms with Gasteiger partial charge in [-0.2, -0.15) is 0 Å². The molecule has 0 aliphatic heterocycles. The largest absolute Gasteiger partial charge is 0.472 e. The highest BCUT2D eigenvalue weighted by molar-refractivity contribution is 5.72. The first kappa shape index (κ1) is 13.3. The Morgan fingerprint density at radius 3 is 2.68 bits per heavy atom. The predicted octanol–water partition coefficient (Wildman–Crippen LogP) is 2.93. The van der Waals surface area contributed by atoms with Crippen molar-refractivity contribution in [2.45, 2.75) is 27.0 Å². The maximum atomic E-state index is 11.0. The summed E-state index contributed by atoms with van der Waals surface area (Å²) >= 11 is 0. The maximum absolute atomic E-state index is 11.0. The average Bonchev–Trinajstić information content (AvgIpc) is 2.79. The van der Waals surface area contributed by atoms with Crippen molar-refractivity contribution in [2.75, 3.05) is 0 Å². The van der Waals surface area contributed by atoms with Crippen LogP contribution in [0.5, 0.6) is 5.88 Å². The molecule has 4 heteroatoms. The lowest BCUT2D eigenvalue weighted by Crippen LogP contribution is -2.09. The van der Waals surface area contributed by atoms with E-state index in [4.69, 9.17) is 4.74 Å². The Labute approximate surface area is 113 Å². The van der Waals surface area contributed by atoms with Crippen molar-refractivity contribution >= 4 is 6.29 Å². The van der Waals surface area contributed by atoms with Gasteiger partial charge in [-0.05, 0) is 11.5 Å². The predicted molar refractivity (Wildman–Crippen MR) is 73.2 cm³/mol. The molecule has 4 nitrogen and oxygen atoms in total. The number of hydrogen-bond donors (Lipinski definition) is 0. The molecule has 2 rings (SSSR count). The standard InChI is InChI=1S/C15H18N2O2/c1-12(2)9-17-14(10-18)8-15(16-17)19-11-13-6-4-3-5-7-13/h3-8,10,12H,9,11H2,1-2H3. The Bertz CT molecular complexity index is 532. The number of carbonyl (C=O) groups is 1. The number of benzene rings is 1. The molecule has 1 aromatic heterocycles. The third-order valence-electron chi connectivity index (χ3n) is 2.68. The average molecular weight is 258 g/mol. The van der Waals surface area contributed by atoms with Gasteiger partial charge in [-0.25, -0.2) is 0 Å². The summed E-state index contributed by atoms with van der Waals surface area (Å²) in [5.74, 6) is 0.923. The van der Waals surface area contributed by atoms with Crippen molar-refractivity contribution in [2.24, 2.45) is 5.92 Å². The molecule has 100 valence electrons. The molecule has 1 aromatic carbocycles. The zero-order chi connectivity index (χ0) is 13.7. The summed E-state index contributed by atoms with van der Waals surface area (Å²) < 4.78 is 7.30. The maximum Gasteiger partial charge on any atom is 0.233 e. The zero-order valence-electron chi connectivity index (χ0n) is 11.2. The van der Waals surface area contributed by atoms with Crippen LogP contribution in [0.1, 0.15) is 29.9 Å². The molecule has 2 aromatic rings. The van der Waals surface area contributed by atoms with Gasteiger partial charge in [0.15, 0.2) is 6.29 Å². The molecule has 1 heterocycles. The van der Waals surface area contributed by atoms with E-state index in [1.165, 1.54) is 0 Å². The number of rotatable bonds is 6. The summed E-state index contributed by atoms with van der Waals surface area (Å²) in [5, 5.41) is 4.30. The smallest absolute Gasteiger partial charge is 0.233 e. The summed E-state index contributed by atoms with van der Waals surface area (Å²) in [6, 6.07) is 11.6. The van der Waals surface area contributed by atoms with E-state index in [1.807, 2.05) is 30.3 Å². The first-order chi connectivity index (χ1) is 9.19. The fourth-order valence-electron chi connectivity index (χ4n) is 1.80. The van der Waals surface area contributed by atoms with Crippen molar-refractivity contribution in [3.05, 3.63) is 47.7 Å². The molecule has 0 atom stereocenters. The van der Waals surface area contributed by atoms with Gasteiger partial charge < -0.3 is 4.74 Å². The van der Waals surface area contributed by atoms with Crippen molar-refractivity contribution in [3.63, 3.8) is 0 Å². The SMILES string of the molecule is CC(C)Cn1nc(OCc2ccccc2)cc1C=O. The Morgan fingerprint density at radius 2 is 2.05 bits per heavy atom. The third-order valence-corrected chi connectivity index (χ3v) is 2.68. The van der Waals surface area contributed by atoms with Gasteiger partial charge in [-0.1, -0.05) is 44.2 Å². The second-order valence-corrected chi connectivity index (χ2v) is 4.88. The zero-order valence-corrected chi connectivity index (χ0v) is 11.2. The molecule has 0 unspecified atom stereocenters. The van der Waals surface area contributed by atoms with Crippen LogP contribution in [-0.4, -0.2) is 16.1 Å². The fraction of sp³-hybridized carbons (Fsp3) is 0.333. The molecule has 0 aliphatic rings. The van der Waals surface area contributed by atoms with Gasteiger partial charge in [0.1, 0.15) is 12.3 Å². The van der Waals surface area contributed by atoms with Gasteiger partial charge in [0.05, 0.1) is 0 Å². The highest BCUT2D eigenvalue weighted by atomic mass is 16.5. The van der Waals surface area contributed by atoms with Crippen molar-refractivity contribution in [3.8, 4) is 5.88 Å². The molecule has 0 bridgehead atoms. The minimum absolute atomic E-state index is 0.431. The molecule has 0 saturated heterocycles. The molecule has 19 heavy (non-hydrogen) atoms. The van der Waals surface area contributed by atoms with Gasteiger partial charge in [0.25, 0.3) is 0 Å². The molecule has 0 saturated carbocycles. The van der Waals surface area contributed by atoms with E-state index in [9.17, 15) is 4.79 Å². The van der Waals surface area contributed by atoms with Crippen LogP contribution in [0.25, 0.3) is 0 Å². The second-order valence-electron chi connectivity index (χ2n) is 4.88. The van der Waals surface area contributed by atoms with E-state index in [0.717, 1.165) is 11.8 Å². The number of aldehydes is 1. The minimum atomic E-state index is 0.431. The Hall–Kier alpha value is -2.10. The quantitative estimate of drug-likeness (QED) is 0.748. The van der Waals surface area contributed by atoms with E-state index < -0.39 is 0 Å². The molecular formula is C15H18N2O2. The van der Waals surface area contributed by atoms with E-state index in [1.54, 1.807) is 10.7 Å². The van der Waals surface area contributed by atoms with Gasteiger partial charge in [-0.15, -0.1) is 5.10 Å². The highest BCUT2D eigenvalue weighted by Gasteiger charge is 2.09. The van der Waals surface area contributed by atoms with E-state index in [-0.39, 0.29) is 0 Å². The van der Waals surface area contributed by atoms with Crippen LogP contribution in [0.2, 0.25) is 0 Å². The molecule has 0 radical (unpaired) electrons. The van der Waals surface area contributed by atoms with Gasteiger partial charge in [0.2, 0.25) is 5.88 Å². The van der Waals surface area contributed by atoms with Crippen LogP contribution >= 0.6 is 0 Å². The number of nitrogens with zero attached hydrogens (tertiary/aromatic N) is 2.